The van der Waals surface area contributed by atoms with Crippen LogP contribution in [0.1, 0.15) is 65.8 Å². The maximum absolute atomic E-state index is 13.3. The van der Waals surface area contributed by atoms with E-state index < -0.39 is 0 Å². The minimum absolute atomic E-state index is 0.0219. The molecule has 9 heteroatoms. The van der Waals surface area contributed by atoms with Crippen LogP contribution in [0.2, 0.25) is 0 Å². The number of urea groups is 1. The molecule has 186 valence electrons. The Morgan fingerprint density at radius 1 is 0.917 bits per heavy atom. The highest BCUT2D eigenvalue weighted by atomic mass is 16.2. The molecule has 9 nitrogen and oxygen atoms in total. The molecule has 1 saturated carbocycles. The SMILES string of the molecule is C[C@H]1CCCCNC(=O)c2cccc(c2)C(=O)Nc2nc3cccc(N4CCN(C5CC5)C4=O)c3n21. The Kier molecular flexibility index (Phi) is 5.62. The third-order valence-corrected chi connectivity index (χ3v) is 7.40. The molecule has 1 aromatic heterocycles. The van der Waals surface area contributed by atoms with E-state index in [4.69, 9.17) is 4.98 Å². The number of rotatable bonds is 2. The van der Waals surface area contributed by atoms with Crippen molar-refractivity contribution in [2.24, 2.45) is 0 Å². The van der Waals surface area contributed by atoms with Gasteiger partial charge >= 0.3 is 6.03 Å². The van der Waals surface area contributed by atoms with Gasteiger partial charge in [-0.1, -0.05) is 12.1 Å². The maximum Gasteiger partial charge on any atom is 0.324 e. The third-order valence-electron chi connectivity index (χ3n) is 7.40. The number of fused-ring (bicyclic) bond motifs is 5. The van der Waals surface area contributed by atoms with Gasteiger partial charge in [-0.3, -0.25) is 19.8 Å². The van der Waals surface area contributed by atoms with E-state index >= 15 is 0 Å². The molecule has 0 unspecified atom stereocenters. The fourth-order valence-electron chi connectivity index (χ4n) is 5.34. The van der Waals surface area contributed by atoms with Crippen LogP contribution in [-0.2, 0) is 0 Å². The number of hydrogen-bond acceptors (Lipinski definition) is 4. The van der Waals surface area contributed by atoms with Crippen molar-refractivity contribution in [1.82, 2.24) is 19.8 Å². The second kappa shape index (κ2) is 8.96. The van der Waals surface area contributed by atoms with Crippen molar-refractivity contribution < 1.29 is 14.4 Å². The van der Waals surface area contributed by atoms with Gasteiger partial charge in [-0.05, 0) is 69.4 Å². The molecule has 0 radical (unpaired) electrons. The number of amides is 4. The third kappa shape index (κ3) is 3.98. The van der Waals surface area contributed by atoms with E-state index in [1.165, 1.54) is 0 Å². The van der Waals surface area contributed by atoms with E-state index in [1.807, 2.05) is 28.0 Å². The van der Waals surface area contributed by atoms with Crippen molar-refractivity contribution in [3.63, 3.8) is 0 Å². The summed E-state index contributed by atoms with van der Waals surface area (Å²) in [6.07, 6.45) is 4.74. The summed E-state index contributed by atoms with van der Waals surface area (Å²) in [5, 5.41) is 5.94. The Labute approximate surface area is 209 Å². The molecule has 4 amide bonds. The zero-order chi connectivity index (χ0) is 24.8. The summed E-state index contributed by atoms with van der Waals surface area (Å²) in [4.78, 5) is 47.7. The summed E-state index contributed by atoms with van der Waals surface area (Å²) in [6.45, 7) is 4.06. The summed E-state index contributed by atoms with van der Waals surface area (Å²) in [7, 11) is 0. The largest absolute Gasteiger partial charge is 0.352 e. The van der Waals surface area contributed by atoms with Crippen molar-refractivity contribution in [3.05, 3.63) is 53.6 Å². The second-order valence-corrected chi connectivity index (χ2v) is 9.94. The molecule has 0 spiro atoms. The molecule has 2 N–H and O–H groups in total. The first kappa shape index (κ1) is 22.6. The van der Waals surface area contributed by atoms with Crippen LogP contribution in [0.5, 0.6) is 0 Å². The summed E-state index contributed by atoms with van der Waals surface area (Å²) in [5.74, 6) is -0.0566. The Morgan fingerprint density at radius 2 is 1.69 bits per heavy atom. The smallest absolute Gasteiger partial charge is 0.324 e. The lowest BCUT2D eigenvalue weighted by Crippen LogP contribution is -2.33. The van der Waals surface area contributed by atoms with Crippen LogP contribution in [0.25, 0.3) is 11.0 Å². The highest BCUT2D eigenvalue weighted by Crippen LogP contribution is 2.37. The summed E-state index contributed by atoms with van der Waals surface area (Å²) >= 11 is 0. The Bertz CT molecular complexity index is 1360. The second-order valence-electron chi connectivity index (χ2n) is 9.94. The molecule has 2 aromatic carbocycles. The highest BCUT2D eigenvalue weighted by Gasteiger charge is 2.40. The van der Waals surface area contributed by atoms with Gasteiger partial charge in [-0.15, -0.1) is 0 Å². The minimum atomic E-state index is -0.329. The van der Waals surface area contributed by atoms with E-state index in [9.17, 15) is 14.4 Å². The molecular formula is C27H30N6O3. The van der Waals surface area contributed by atoms with Gasteiger partial charge < -0.3 is 14.8 Å². The van der Waals surface area contributed by atoms with Gasteiger partial charge in [-0.25, -0.2) is 9.78 Å². The van der Waals surface area contributed by atoms with Gasteiger partial charge in [0.2, 0.25) is 5.95 Å². The molecule has 3 aromatic rings. The lowest BCUT2D eigenvalue weighted by Gasteiger charge is -2.23. The topological polar surface area (TPSA) is 99.6 Å². The number of para-hydroxylation sites is 1. The van der Waals surface area contributed by atoms with E-state index in [0.29, 0.717) is 36.2 Å². The van der Waals surface area contributed by atoms with Crippen LogP contribution in [0.4, 0.5) is 16.4 Å². The van der Waals surface area contributed by atoms with E-state index in [2.05, 4.69) is 22.1 Å². The Balaban J connectivity index is 1.44. The molecule has 6 rings (SSSR count). The molecule has 2 fully saturated rings. The van der Waals surface area contributed by atoms with Gasteiger partial charge in [0.05, 0.1) is 16.7 Å². The number of carbonyl (C=O) groups excluding carboxylic acids is 3. The number of benzene rings is 2. The molecule has 1 saturated heterocycles. The zero-order valence-corrected chi connectivity index (χ0v) is 20.4. The number of aromatic nitrogens is 2. The van der Waals surface area contributed by atoms with Gasteiger partial charge in [0.25, 0.3) is 11.8 Å². The number of carbonyl (C=O) groups is 3. The van der Waals surface area contributed by atoms with Crippen LogP contribution < -0.4 is 15.5 Å². The van der Waals surface area contributed by atoms with Gasteiger partial charge in [0, 0.05) is 42.8 Å². The normalized spacial score (nSPS) is 21.2. The fraction of sp³-hybridized carbons (Fsp3) is 0.407. The molecule has 2 bridgehead atoms. The van der Waals surface area contributed by atoms with Crippen LogP contribution in [0.15, 0.2) is 42.5 Å². The van der Waals surface area contributed by atoms with E-state index in [1.54, 1.807) is 24.3 Å². The summed E-state index contributed by atoms with van der Waals surface area (Å²) in [6, 6.07) is 13.0. The first-order valence-electron chi connectivity index (χ1n) is 12.8. The number of imidazole rings is 1. The quantitative estimate of drug-likeness (QED) is 0.568. The van der Waals surface area contributed by atoms with Crippen molar-refractivity contribution in [2.75, 3.05) is 29.9 Å². The van der Waals surface area contributed by atoms with Crippen LogP contribution in [0, 0.1) is 0 Å². The van der Waals surface area contributed by atoms with E-state index in [0.717, 1.165) is 55.4 Å². The first-order chi connectivity index (χ1) is 17.5. The first-order valence-corrected chi connectivity index (χ1v) is 12.8. The predicted octanol–water partition coefficient (Wildman–Crippen LogP) is 4.17. The van der Waals surface area contributed by atoms with E-state index in [-0.39, 0.29) is 23.9 Å². The standard InChI is InChI=1S/C27H30N6O3/c1-17-6-2-3-13-28-24(34)18-7-4-8-19(16-18)25(35)30-26-29-21-9-5-10-22(23(21)33(17)26)32-15-14-31(27(32)36)20-11-12-20/h4-5,7-10,16-17,20H,2-3,6,11-15H2,1H3,(H,28,34)(H,29,30,35)/t17-/m0/s1. The van der Waals surface area contributed by atoms with Gasteiger partial charge in [-0.2, -0.15) is 0 Å². The zero-order valence-electron chi connectivity index (χ0n) is 20.4. The minimum Gasteiger partial charge on any atom is -0.352 e. The number of anilines is 2. The Morgan fingerprint density at radius 3 is 2.50 bits per heavy atom. The Hall–Kier alpha value is -3.88. The summed E-state index contributed by atoms with van der Waals surface area (Å²) < 4.78 is 2.07. The average molecular weight is 487 g/mol. The molecule has 1 aliphatic carbocycles. The monoisotopic (exact) mass is 486 g/mol. The molecule has 1 atom stereocenters. The van der Waals surface area contributed by atoms with Gasteiger partial charge in [0.15, 0.2) is 0 Å². The lowest BCUT2D eigenvalue weighted by atomic mass is 10.1. The molecule has 3 heterocycles. The lowest BCUT2D eigenvalue weighted by molar-refractivity contribution is 0.0953. The number of hydrogen-bond donors (Lipinski definition) is 2. The van der Waals surface area contributed by atoms with Crippen molar-refractivity contribution in [2.45, 2.75) is 51.1 Å². The van der Waals surface area contributed by atoms with Crippen molar-refractivity contribution in [3.8, 4) is 0 Å². The van der Waals surface area contributed by atoms with Gasteiger partial charge in [0.1, 0.15) is 0 Å². The van der Waals surface area contributed by atoms with Crippen molar-refractivity contribution in [1.29, 1.82) is 0 Å². The molecule has 2 aliphatic heterocycles. The number of nitrogens with zero attached hydrogens (tertiary/aromatic N) is 4. The molecule has 36 heavy (non-hydrogen) atoms. The average Bonchev–Trinajstić information content (AvgIpc) is 3.55. The van der Waals surface area contributed by atoms with Crippen molar-refractivity contribution >= 4 is 40.5 Å². The fourth-order valence-corrected chi connectivity index (χ4v) is 5.34. The maximum atomic E-state index is 13.3. The summed E-state index contributed by atoms with van der Waals surface area (Å²) in [5.41, 5.74) is 3.27. The van der Waals surface area contributed by atoms with Crippen LogP contribution in [-0.4, -0.2) is 58.0 Å². The molecular weight excluding hydrogens is 456 g/mol. The van der Waals surface area contributed by atoms with Crippen LogP contribution in [0.3, 0.4) is 0 Å². The highest BCUT2D eigenvalue weighted by molar-refractivity contribution is 6.07. The number of nitrogens with one attached hydrogen (secondary N) is 2. The molecule has 3 aliphatic rings. The predicted molar refractivity (Wildman–Crippen MR) is 137 cm³/mol. The van der Waals surface area contributed by atoms with Crippen LogP contribution >= 0.6 is 0 Å².